The lowest BCUT2D eigenvalue weighted by atomic mass is 9.95. The molecule has 0 unspecified atom stereocenters. The molecule has 2 atom stereocenters. The molecule has 2 aliphatic rings. The van der Waals surface area contributed by atoms with Gasteiger partial charge in [0.15, 0.2) is 11.6 Å². The van der Waals surface area contributed by atoms with Crippen molar-refractivity contribution in [2.75, 3.05) is 32.8 Å². The van der Waals surface area contributed by atoms with E-state index in [-0.39, 0.29) is 41.3 Å². The van der Waals surface area contributed by atoms with Gasteiger partial charge in [-0.15, -0.1) is 0 Å². The second kappa shape index (κ2) is 10.6. The first-order valence-electron chi connectivity index (χ1n) is 12.0. The van der Waals surface area contributed by atoms with Gasteiger partial charge < -0.3 is 9.64 Å². The van der Waals surface area contributed by atoms with Crippen LogP contribution < -0.4 is 4.73 Å². The standard InChI is InChI=1S/C26H32ClFN3O4/c1-16-12-29(5-6-30(16)26(33)19-4-7-35-15-19)13-21-9-23(27)8-20(17(21)2)11-25(32)22-10-24(28)18(3)31(34)14-22/h8-10,14,16,19,34H,4-7,11-13,15H2,1-3H3/q+1/t16-,19+/m0/s1. The number of carbonyl (C=O) groups excluding carboxylic acids is 2. The molecule has 1 N–H and O–H groups in total. The first-order valence-corrected chi connectivity index (χ1v) is 12.3. The maximum absolute atomic E-state index is 14.0. The van der Waals surface area contributed by atoms with Crippen LogP contribution in [-0.4, -0.2) is 65.6 Å². The normalized spacial score (nSPS) is 20.9. The van der Waals surface area contributed by atoms with Crippen LogP contribution in [0.15, 0.2) is 24.4 Å². The van der Waals surface area contributed by atoms with Crippen LogP contribution in [0.25, 0.3) is 0 Å². The molecule has 1 aromatic carbocycles. The summed E-state index contributed by atoms with van der Waals surface area (Å²) < 4.78 is 20.0. The van der Waals surface area contributed by atoms with Crippen molar-refractivity contribution in [1.82, 2.24) is 9.80 Å². The predicted molar refractivity (Wildman–Crippen MR) is 128 cm³/mol. The molecule has 1 aromatic heterocycles. The molecule has 7 nitrogen and oxygen atoms in total. The zero-order chi connectivity index (χ0) is 25.3. The molecular formula is C26H32ClFN3O4+. The summed E-state index contributed by atoms with van der Waals surface area (Å²) in [5, 5.41) is 10.4. The minimum Gasteiger partial charge on any atom is -0.381 e. The molecule has 2 saturated heterocycles. The van der Waals surface area contributed by atoms with Crippen LogP contribution in [-0.2, 0) is 22.5 Å². The lowest BCUT2D eigenvalue weighted by Gasteiger charge is -2.41. The van der Waals surface area contributed by atoms with Crippen molar-refractivity contribution < 1.29 is 28.7 Å². The summed E-state index contributed by atoms with van der Waals surface area (Å²) in [6, 6.07) is 4.92. The summed E-state index contributed by atoms with van der Waals surface area (Å²) in [4.78, 5) is 30.0. The van der Waals surface area contributed by atoms with Gasteiger partial charge >= 0.3 is 0 Å². The lowest BCUT2D eigenvalue weighted by molar-refractivity contribution is -0.909. The topological polar surface area (TPSA) is 74.0 Å². The highest BCUT2D eigenvalue weighted by Gasteiger charge is 2.33. The highest BCUT2D eigenvalue weighted by molar-refractivity contribution is 6.30. The summed E-state index contributed by atoms with van der Waals surface area (Å²) >= 11 is 6.41. The number of pyridine rings is 1. The maximum atomic E-state index is 14.0. The fraction of sp³-hybridized carbons (Fsp3) is 0.500. The van der Waals surface area contributed by atoms with Crippen molar-refractivity contribution in [2.45, 2.75) is 46.2 Å². The molecule has 0 spiro atoms. The van der Waals surface area contributed by atoms with Crippen LogP contribution in [0.2, 0.25) is 5.02 Å². The summed E-state index contributed by atoms with van der Waals surface area (Å²) in [6.07, 6.45) is 2.06. The van der Waals surface area contributed by atoms with Gasteiger partial charge in [0.1, 0.15) is 0 Å². The molecule has 0 saturated carbocycles. The molecule has 3 heterocycles. The fourth-order valence-electron chi connectivity index (χ4n) is 4.90. The average Bonchev–Trinajstić information content (AvgIpc) is 3.35. The molecule has 0 bridgehead atoms. The van der Waals surface area contributed by atoms with E-state index >= 15 is 0 Å². The number of rotatable bonds is 6. The zero-order valence-electron chi connectivity index (χ0n) is 20.4. The number of carbonyl (C=O) groups is 2. The van der Waals surface area contributed by atoms with Gasteiger partial charge in [0.2, 0.25) is 12.1 Å². The van der Waals surface area contributed by atoms with E-state index in [0.717, 1.165) is 42.3 Å². The van der Waals surface area contributed by atoms with Crippen LogP contribution in [0, 0.1) is 25.6 Å². The Bertz CT molecular complexity index is 1110. The van der Waals surface area contributed by atoms with Crippen LogP contribution in [0.1, 0.15) is 46.1 Å². The van der Waals surface area contributed by atoms with Crippen molar-refractivity contribution in [3.05, 3.63) is 63.2 Å². The quantitative estimate of drug-likeness (QED) is 0.372. The van der Waals surface area contributed by atoms with E-state index in [0.29, 0.717) is 36.1 Å². The van der Waals surface area contributed by atoms with E-state index in [9.17, 15) is 19.2 Å². The van der Waals surface area contributed by atoms with Gasteiger partial charge in [-0.2, -0.15) is 4.39 Å². The molecule has 35 heavy (non-hydrogen) atoms. The van der Waals surface area contributed by atoms with Gasteiger partial charge in [-0.3, -0.25) is 19.7 Å². The van der Waals surface area contributed by atoms with E-state index < -0.39 is 5.82 Å². The van der Waals surface area contributed by atoms with Crippen molar-refractivity contribution in [2.24, 2.45) is 5.92 Å². The number of amides is 1. The number of aromatic nitrogens is 1. The molecule has 9 heteroatoms. The first kappa shape index (κ1) is 25.5. The Hall–Kier alpha value is -2.55. The Kier molecular flexibility index (Phi) is 7.73. The average molecular weight is 505 g/mol. The Labute approximate surface area is 210 Å². The van der Waals surface area contributed by atoms with E-state index in [1.54, 1.807) is 6.07 Å². The van der Waals surface area contributed by atoms with E-state index in [4.69, 9.17) is 16.3 Å². The monoisotopic (exact) mass is 504 g/mol. The third-order valence-corrected chi connectivity index (χ3v) is 7.38. The molecule has 0 radical (unpaired) electrons. The minimum absolute atomic E-state index is 0.0263. The predicted octanol–water partition coefficient (Wildman–Crippen LogP) is 3.12. The van der Waals surface area contributed by atoms with Crippen molar-refractivity contribution in [3.8, 4) is 0 Å². The number of piperazine rings is 1. The number of hydrogen-bond donors (Lipinski definition) is 1. The minimum atomic E-state index is -0.644. The number of benzene rings is 1. The highest BCUT2D eigenvalue weighted by atomic mass is 35.5. The number of nitrogens with zero attached hydrogens (tertiary/aromatic N) is 3. The Morgan fingerprint density at radius 2 is 1.97 bits per heavy atom. The SMILES string of the molecule is Cc1c(CC(=O)c2cc(F)c(C)[n+](O)c2)cc(Cl)cc1CN1CCN(C(=O)[C@@H]2CCOC2)[C@@H](C)C1. The van der Waals surface area contributed by atoms with E-state index in [1.165, 1.54) is 13.1 Å². The van der Waals surface area contributed by atoms with Crippen LogP contribution in [0.4, 0.5) is 4.39 Å². The summed E-state index contributed by atoms with van der Waals surface area (Å²) in [7, 11) is 0. The number of ether oxygens (including phenoxy) is 1. The molecular weight excluding hydrogens is 473 g/mol. The van der Waals surface area contributed by atoms with Crippen molar-refractivity contribution in [3.63, 3.8) is 0 Å². The lowest BCUT2D eigenvalue weighted by Crippen LogP contribution is -2.55. The van der Waals surface area contributed by atoms with Crippen molar-refractivity contribution in [1.29, 1.82) is 0 Å². The van der Waals surface area contributed by atoms with E-state index in [2.05, 4.69) is 11.8 Å². The zero-order valence-corrected chi connectivity index (χ0v) is 21.1. The molecule has 0 aliphatic carbocycles. The highest BCUT2D eigenvalue weighted by Crippen LogP contribution is 2.25. The van der Waals surface area contributed by atoms with Gasteiger partial charge in [0, 0.05) is 61.9 Å². The Morgan fingerprint density at radius 1 is 1.23 bits per heavy atom. The molecule has 2 fully saturated rings. The van der Waals surface area contributed by atoms with Gasteiger partial charge in [0.05, 0.1) is 18.1 Å². The third-order valence-electron chi connectivity index (χ3n) is 7.16. The number of ketones is 1. The molecule has 2 aliphatic heterocycles. The fourth-order valence-corrected chi connectivity index (χ4v) is 5.16. The van der Waals surface area contributed by atoms with Gasteiger partial charge in [-0.25, -0.2) is 0 Å². The maximum Gasteiger partial charge on any atom is 0.266 e. The van der Waals surface area contributed by atoms with Crippen LogP contribution in [0.5, 0.6) is 0 Å². The molecule has 4 rings (SSSR count). The number of halogens is 2. The van der Waals surface area contributed by atoms with Crippen LogP contribution in [0.3, 0.4) is 0 Å². The van der Waals surface area contributed by atoms with Gasteiger partial charge in [0.25, 0.3) is 5.69 Å². The summed E-state index contributed by atoms with van der Waals surface area (Å²) in [5.74, 6) is -0.790. The molecule has 1 amide bonds. The Morgan fingerprint density at radius 3 is 2.63 bits per heavy atom. The smallest absolute Gasteiger partial charge is 0.266 e. The second-order valence-corrected chi connectivity index (χ2v) is 10.1. The summed E-state index contributed by atoms with van der Waals surface area (Å²) in [5.41, 5.74) is 2.88. The summed E-state index contributed by atoms with van der Waals surface area (Å²) in [6.45, 7) is 9.45. The van der Waals surface area contributed by atoms with E-state index in [1.807, 2.05) is 17.9 Å². The number of hydrogen-bond acceptors (Lipinski definition) is 5. The Balaban J connectivity index is 1.44. The first-order chi connectivity index (χ1) is 16.6. The second-order valence-electron chi connectivity index (χ2n) is 9.63. The van der Waals surface area contributed by atoms with Crippen molar-refractivity contribution >= 4 is 23.3 Å². The largest absolute Gasteiger partial charge is 0.381 e. The molecule has 188 valence electrons. The molecule has 2 aromatic rings. The number of Topliss-reactive ketones (excluding diaryl/α,β-unsaturated/α-hetero) is 1. The van der Waals surface area contributed by atoms with Crippen LogP contribution >= 0.6 is 11.6 Å². The van der Waals surface area contributed by atoms with Gasteiger partial charge in [-0.05, 0) is 55.2 Å². The van der Waals surface area contributed by atoms with Gasteiger partial charge in [-0.1, -0.05) is 11.6 Å². The third kappa shape index (κ3) is 5.66.